The van der Waals surface area contributed by atoms with Crippen LogP contribution < -0.4 is 5.11 Å². The molecule has 0 amide bonds. The summed E-state index contributed by atoms with van der Waals surface area (Å²) in [5.41, 5.74) is 0. The minimum absolute atomic E-state index is 0.379. The first-order valence-corrected chi connectivity index (χ1v) is 13.5. The van der Waals surface area contributed by atoms with Crippen LogP contribution in [0.15, 0.2) is 12.7 Å². The molecule has 0 heterocycles. The van der Waals surface area contributed by atoms with Crippen LogP contribution in [0.4, 0.5) is 0 Å². The van der Waals surface area contributed by atoms with E-state index in [1.165, 1.54) is 5.37 Å². The number of carboxylic acids is 1. The van der Waals surface area contributed by atoms with Crippen LogP contribution >= 0.6 is 12.2 Å². The van der Waals surface area contributed by atoms with Crippen molar-refractivity contribution in [3.05, 3.63) is 12.7 Å². The first-order valence-electron chi connectivity index (χ1n) is 4.47. The van der Waals surface area contributed by atoms with E-state index in [-0.39, 0.29) is 0 Å². The molecule has 1 atom stereocenters. The quantitative estimate of drug-likeness (QED) is 0.440. The Hall–Kier alpha value is 0.0987. The van der Waals surface area contributed by atoms with Gasteiger partial charge >= 0.3 is 34.6 Å². The molecule has 0 N–H and O–H groups in total. The number of hydrogen-bond acceptors (Lipinski definition) is 3. The molecule has 0 bridgehead atoms. The Balaban J connectivity index is 0. The number of carboxylic acid groups (broad SMARTS) is 1. The van der Waals surface area contributed by atoms with Crippen molar-refractivity contribution in [1.82, 2.24) is 0 Å². The van der Waals surface area contributed by atoms with Gasteiger partial charge in [0.25, 0.3) is 0 Å². The Labute approximate surface area is 99.1 Å². The van der Waals surface area contributed by atoms with Crippen LogP contribution in [0, 0.1) is 5.92 Å². The molecule has 14 heavy (non-hydrogen) atoms. The normalized spacial score (nSPS) is 10.5. The van der Waals surface area contributed by atoms with E-state index in [0.29, 0.717) is 12.8 Å². The standard InChI is InChI=1S/C7H10O2S.3CH3.Sn/c1-2-3-6(4-5-10)7(8)9;;;;/h2,5-6H,1,3-4H2,(H,8,9);3*1H3;/q;;;;+1/p-1. The van der Waals surface area contributed by atoms with Crippen molar-refractivity contribution in [2.45, 2.75) is 27.7 Å². The molecule has 2 nitrogen and oxygen atoms in total. The maximum atomic E-state index is 10.3. The molecular weight excluding hydrogens is 303 g/mol. The molecular formula is C10H18O2SSn. The van der Waals surface area contributed by atoms with Crippen molar-refractivity contribution < 1.29 is 9.90 Å². The first kappa shape index (κ1) is 16.5. The van der Waals surface area contributed by atoms with Gasteiger partial charge in [-0.1, -0.05) is 18.3 Å². The van der Waals surface area contributed by atoms with Crippen LogP contribution in [-0.2, 0) is 4.79 Å². The molecule has 0 saturated heterocycles. The fourth-order valence-corrected chi connectivity index (χ4v) is 0.838. The van der Waals surface area contributed by atoms with Crippen LogP contribution in [-0.4, -0.2) is 31.1 Å². The molecule has 4 heteroatoms. The van der Waals surface area contributed by atoms with Crippen molar-refractivity contribution in [3.8, 4) is 0 Å². The summed E-state index contributed by atoms with van der Waals surface area (Å²) in [5.74, 6) is -1.55. The van der Waals surface area contributed by atoms with Gasteiger partial charge in [-0.25, -0.2) is 0 Å². The summed E-state index contributed by atoms with van der Waals surface area (Å²) >= 11 is 3.97. The molecule has 0 fully saturated rings. The van der Waals surface area contributed by atoms with Crippen LogP contribution in [0.25, 0.3) is 0 Å². The van der Waals surface area contributed by atoms with Gasteiger partial charge in [-0.15, -0.1) is 6.58 Å². The summed E-state index contributed by atoms with van der Waals surface area (Å²) in [4.78, 5) is 17.3. The van der Waals surface area contributed by atoms with Crippen LogP contribution in [0.3, 0.4) is 0 Å². The predicted molar refractivity (Wildman–Crippen MR) is 64.9 cm³/mol. The van der Waals surface area contributed by atoms with Gasteiger partial charge < -0.3 is 9.90 Å². The van der Waals surface area contributed by atoms with Gasteiger partial charge in [0.05, 0.1) is 0 Å². The molecule has 0 aliphatic heterocycles. The molecule has 0 aliphatic carbocycles. The molecule has 0 aliphatic rings. The van der Waals surface area contributed by atoms with E-state index in [1.807, 2.05) is 0 Å². The van der Waals surface area contributed by atoms with E-state index in [0.717, 1.165) is 0 Å². The molecule has 0 aromatic heterocycles. The SMILES string of the molecule is C=CCC(CC=S)C(=O)[O-].[CH3][Sn+]([CH3])[CH3]. The van der Waals surface area contributed by atoms with E-state index in [4.69, 9.17) is 0 Å². The summed E-state index contributed by atoms with van der Waals surface area (Å²) in [6.07, 6.45) is 2.36. The maximum absolute atomic E-state index is 10.3. The molecule has 0 saturated carbocycles. The number of allylic oxidation sites excluding steroid dienone is 1. The van der Waals surface area contributed by atoms with E-state index in [9.17, 15) is 9.90 Å². The molecule has 0 aromatic rings. The third kappa shape index (κ3) is 14.6. The fourth-order valence-electron chi connectivity index (χ4n) is 0.606. The first-order chi connectivity index (χ1) is 6.45. The van der Waals surface area contributed by atoms with Crippen molar-refractivity contribution in [1.29, 1.82) is 0 Å². The van der Waals surface area contributed by atoms with Gasteiger partial charge in [0.2, 0.25) is 0 Å². The average molecular weight is 321 g/mol. The van der Waals surface area contributed by atoms with Crippen molar-refractivity contribution >= 4 is 43.3 Å². The van der Waals surface area contributed by atoms with Crippen molar-refractivity contribution in [3.63, 3.8) is 0 Å². The second-order valence-corrected chi connectivity index (χ2v) is 12.3. The number of thiocarbonyl (C=S) groups is 1. The van der Waals surface area contributed by atoms with Gasteiger partial charge in [-0.3, -0.25) is 0 Å². The molecule has 0 radical (unpaired) electrons. The Bertz CT molecular complexity index is 168. The van der Waals surface area contributed by atoms with Crippen molar-refractivity contribution in [2.75, 3.05) is 0 Å². The number of carbonyl (C=O) groups excluding carboxylic acids is 1. The molecule has 0 aromatic carbocycles. The monoisotopic (exact) mass is 322 g/mol. The van der Waals surface area contributed by atoms with Gasteiger partial charge in [0.1, 0.15) is 0 Å². The Morgan fingerprint density at radius 3 is 2.14 bits per heavy atom. The third-order valence-corrected chi connectivity index (χ3v) is 1.36. The second kappa shape index (κ2) is 11.2. The zero-order valence-corrected chi connectivity index (χ0v) is 12.7. The zero-order valence-electron chi connectivity index (χ0n) is 9.08. The summed E-state index contributed by atoms with van der Waals surface area (Å²) in [6, 6.07) is 0. The van der Waals surface area contributed by atoms with Crippen LogP contribution in [0.5, 0.6) is 0 Å². The third-order valence-electron chi connectivity index (χ3n) is 1.17. The average Bonchev–Trinajstić information content (AvgIpc) is 2.02. The molecule has 80 valence electrons. The summed E-state index contributed by atoms with van der Waals surface area (Å²) in [5, 5.41) is 11.7. The Kier molecular flexibility index (Phi) is 13.2. The number of carbonyl (C=O) groups is 1. The topological polar surface area (TPSA) is 40.1 Å². The number of hydrogen-bond donors (Lipinski definition) is 0. The number of rotatable bonds is 5. The van der Waals surface area contributed by atoms with Gasteiger partial charge in [-0.2, -0.15) is 0 Å². The van der Waals surface area contributed by atoms with Gasteiger partial charge in [0, 0.05) is 11.9 Å². The van der Waals surface area contributed by atoms with E-state index < -0.39 is 31.6 Å². The molecule has 1 unspecified atom stereocenters. The summed E-state index contributed by atoms with van der Waals surface area (Å²) in [6.45, 7) is 3.43. The van der Waals surface area contributed by atoms with E-state index in [1.54, 1.807) is 6.08 Å². The minimum atomic E-state index is -1.05. The number of aliphatic carboxylic acids is 1. The van der Waals surface area contributed by atoms with Gasteiger partial charge in [-0.05, 0) is 18.2 Å². The summed E-state index contributed by atoms with van der Waals surface area (Å²) in [7, 11) is 0. The molecule has 0 spiro atoms. The second-order valence-electron chi connectivity index (χ2n) is 3.44. The van der Waals surface area contributed by atoms with Crippen LogP contribution in [0.1, 0.15) is 12.8 Å². The Morgan fingerprint density at radius 1 is 1.50 bits per heavy atom. The summed E-state index contributed by atoms with van der Waals surface area (Å²) < 4.78 is 0. The van der Waals surface area contributed by atoms with Gasteiger partial charge in [0.15, 0.2) is 0 Å². The fraction of sp³-hybridized carbons (Fsp3) is 0.600. The predicted octanol–water partition coefficient (Wildman–Crippen LogP) is 1.69. The Morgan fingerprint density at radius 2 is 1.93 bits per heavy atom. The zero-order chi connectivity index (χ0) is 11.6. The molecule has 0 rings (SSSR count). The van der Waals surface area contributed by atoms with E-state index >= 15 is 0 Å². The van der Waals surface area contributed by atoms with E-state index in [2.05, 4.69) is 33.6 Å². The van der Waals surface area contributed by atoms with Crippen molar-refractivity contribution in [2.24, 2.45) is 5.92 Å². The van der Waals surface area contributed by atoms with Crippen LogP contribution in [0.2, 0.25) is 14.8 Å².